The topological polar surface area (TPSA) is 20.3 Å². The summed E-state index contributed by atoms with van der Waals surface area (Å²) in [5.41, 5.74) is 2.65. The van der Waals surface area contributed by atoms with E-state index in [0.29, 0.717) is 12.3 Å². The molecule has 0 saturated carbocycles. The maximum Gasteiger partial charge on any atom is 0.222 e. The molecule has 0 N–H and O–H groups in total. The van der Waals surface area contributed by atoms with Crippen LogP contribution in [0.25, 0.3) is 5.57 Å². The van der Waals surface area contributed by atoms with Crippen molar-refractivity contribution in [1.82, 2.24) is 4.90 Å². The second-order valence-corrected chi connectivity index (χ2v) is 5.62. The summed E-state index contributed by atoms with van der Waals surface area (Å²) in [6, 6.07) is 10.4. The van der Waals surface area contributed by atoms with Crippen LogP contribution in [0.1, 0.15) is 31.2 Å². The molecule has 1 aliphatic heterocycles. The lowest BCUT2D eigenvalue weighted by atomic mass is 9.99. The molecular weight excluding hydrogens is 302 g/mol. The van der Waals surface area contributed by atoms with Gasteiger partial charge in [0, 0.05) is 24.8 Å². The van der Waals surface area contributed by atoms with E-state index in [9.17, 15) is 4.79 Å². The Morgan fingerprint density at radius 3 is 2.63 bits per heavy atom. The Bertz CT molecular complexity index is 441. The first-order valence-corrected chi connectivity index (χ1v) is 8.01. The lowest BCUT2D eigenvalue weighted by molar-refractivity contribution is -0.130. The lowest BCUT2D eigenvalue weighted by Crippen LogP contribution is -2.34. The Labute approximate surface area is 123 Å². The van der Waals surface area contributed by atoms with Crippen LogP contribution in [0.4, 0.5) is 0 Å². The molecule has 1 aliphatic rings. The Balaban J connectivity index is 1.87. The van der Waals surface area contributed by atoms with Crippen LogP contribution in [-0.4, -0.2) is 29.2 Å². The first-order valence-electron chi connectivity index (χ1n) is 6.89. The number of benzene rings is 1. The molecule has 0 atom stereocenters. The van der Waals surface area contributed by atoms with Crippen LogP contribution >= 0.6 is 15.9 Å². The first-order chi connectivity index (χ1) is 9.31. The smallest absolute Gasteiger partial charge is 0.222 e. The molecule has 0 aliphatic carbocycles. The minimum atomic E-state index is 0.296. The second-order valence-electron chi connectivity index (χ2n) is 4.83. The van der Waals surface area contributed by atoms with Gasteiger partial charge >= 0.3 is 0 Å². The molecule has 19 heavy (non-hydrogen) atoms. The number of amides is 1. The third-order valence-corrected chi connectivity index (χ3v) is 4.04. The predicted octanol–water partition coefficient (Wildman–Crippen LogP) is 3.87. The highest BCUT2D eigenvalue weighted by atomic mass is 79.9. The molecule has 0 bridgehead atoms. The van der Waals surface area contributed by atoms with E-state index in [1.54, 1.807) is 0 Å². The Hall–Kier alpha value is -1.09. The van der Waals surface area contributed by atoms with Gasteiger partial charge in [0.05, 0.1) is 0 Å². The molecule has 0 aromatic heterocycles. The molecule has 2 rings (SSSR count). The highest BCUT2D eigenvalue weighted by Gasteiger charge is 2.17. The van der Waals surface area contributed by atoms with E-state index in [-0.39, 0.29) is 0 Å². The van der Waals surface area contributed by atoms with Crippen molar-refractivity contribution >= 4 is 27.4 Å². The minimum absolute atomic E-state index is 0.296. The highest BCUT2D eigenvalue weighted by molar-refractivity contribution is 9.09. The Kier molecular flexibility index (Phi) is 5.64. The summed E-state index contributed by atoms with van der Waals surface area (Å²) in [7, 11) is 0. The normalized spacial score (nSPS) is 15.2. The van der Waals surface area contributed by atoms with E-state index in [2.05, 4.69) is 46.3 Å². The number of rotatable bonds is 5. The highest BCUT2D eigenvalue weighted by Crippen LogP contribution is 2.22. The van der Waals surface area contributed by atoms with Crippen molar-refractivity contribution in [3.63, 3.8) is 0 Å². The van der Waals surface area contributed by atoms with Crippen molar-refractivity contribution in [3.05, 3.63) is 42.0 Å². The summed E-state index contributed by atoms with van der Waals surface area (Å²) in [6.45, 7) is 1.62. The third kappa shape index (κ3) is 4.20. The summed E-state index contributed by atoms with van der Waals surface area (Å²) in [5, 5.41) is 0.984. The van der Waals surface area contributed by atoms with Gasteiger partial charge in [-0.1, -0.05) is 52.3 Å². The van der Waals surface area contributed by atoms with Gasteiger partial charge in [-0.05, 0) is 30.4 Å². The zero-order chi connectivity index (χ0) is 13.5. The van der Waals surface area contributed by atoms with Crippen LogP contribution in [0.15, 0.2) is 36.4 Å². The number of carbonyl (C=O) groups excluding carboxylic acids is 1. The molecule has 1 aromatic rings. The minimum Gasteiger partial charge on any atom is -0.339 e. The number of carbonyl (C=O) groups is 1. The number of hydrogen-bond donors (Lipinski definition) is 0. The van der Waals surface area contributed by atoms with Crippen LogP contribution < -0.4 is 0 Å². The van der Waals surface area contributed by atoms with Gasteiger partial charge in [-0.25, -0.2) is 0 Å². The number of halogens is 1. The first kappa shape index (κ1) is 14.3. The molecular formula is C16H20BrNO. The van der Waals surface area contributed by atoms with Crippen LogP contribution in [-0.2, 0) is 4.79 Å². The molecule has 3 heteroatoms. The fourth-order valence-corrected chi connectivity index (χ4v) is 2.74. The van der Waals surface area contributed by atoms with Gasteiger partial charge in [0.2, 0.25) is 5.91 Å². The van der Waals surface area contributed by atoms with Gasteiger partial charge in [0.15, 0.2) is 0 Å². The second kappa shape index (κ2) is 7.49. The molecule has 0 fully saturated rings. The number of nitrogens with zero attached hydrogens (tertiary/aromatic N) is 1. The third-order valence-electron chi connectivity index (χ3n) is 3.48. The van der Waals surface area contributed by atoms with Gasteiger partial charge in [-0.2, -0.15) is 0 Å². The Morgan fingerprint density at radius 2 is 2.00 bits per heavy atom. The van der Waals surface area contributed by atoms with Gasteiger partial charge in [0.1, 0.15) is 0 Å². The summed E-state index contributed by atoms with van der Waals surface area (Å²) < 4.78 is 0. The van der Waals surface area contributed by atoms with Crippen molar-refractivity contribution in [2.75, 3.05) is 18.4 Å². The van der Waals surface area contributed by atoms with E-state index in [4.69, 9.17) is 0 Å². The number of unbranched alkanes of at least 4 members (excludes halogenated alkanes) is 1. The largest absolute Gasteiger partial charge is 0.339 e. The van der Waals surface area contributed by atoms with Gasteiger partial charge in [-0.15, -0.1) is 0 Å². The van der Waals surface area contributed by atoms with E-state index in [1.165, 1.54) is 11.1 Å². The van der Waals surface area contributed by atoms with Crippen molar-refractivity contribution in [3.8, 4) is 0 Å². The fraction of sp³-hybridized carbons (Fsp3) is 0.438. The fourth-order valence-electron chi connectivity index (χ4n) is 2.34. The van der Waals surface area contributed by atoms with Gasteiger partial charge < -0.3 is 4.90 Å². The SMILES string of the molecule is O=C(CCCCBr)N1CC=C(c2ccccc2)CC1. The van der Waals surface area contributed by atoms with E-state index >= 15 is 0 Å². The summed E-state index contributed by atoms with van der Waals surface area (Å²) in [5.74, 6) is 0.296. The standard InChI is InChI=1S/C16H20BrNO/c17-11-5-4-8-16(19)18-12-9-15(10-13-18)14-6-2-1-3-7-14/h1-3,6-7,9H,4-5,8,10-13H2. The molecule has 1 heterocycles. The average molecular weight is 322 g/mol. The summed E-state index contributed by atoms with van der Waals surface area (Å²) >= 11 is 3.39. The van der Waals surface area contributed by atoms with Crippen molar-refractivity contribution in [1.29, 1.82) is 0 Å². The quantitative estimate of drug-likeness (QED) is 0.595. The molecule has 1 amide bonds. The average Bonchev–Trinajstić information content (AvgIpc) is 2.48. The molecule has 1 aromatic carbocycles. The number of alkyl halides is 1. The van der Waals surface area contributed by atoms with E-state index < -0.39 is 0 Å². The van der Waals surface area contributed by atoms with Gasteiger partial charge in [-0.3, -0.25) is 4.79 Å². The van der Waals surface area contributed by atoms with Crippen LogP contribution in [0, 0.1) is 0 Å². The summed E-state index contributed by atoms with van der Waals surface area (Å²) in [4.78, 5) is 14.0. The maximum atomic E-state index is 12.0. The zero-order valence-corrected chi connectivity index (χ0v) is 12.7. The summed E-state index contributed by atoms with van der Waals surface area (Å²) in [6.07, 6.45) is 5.90. The van der Waals surface area contributed by atoms with Crippen LogP contribution in [0.3, 0.4) is 0 Å². The van der Waals surface area contributed by atoms with Crippen molar-refractivity contribution in [2.24, 2.45) is 0 Å². The van der Waals surface area contributed by atoms with E-state index in [1.807, 2.05) is 11.0 Å². The predicted molar refractivity (Wildman–Crippen MR) is 83.3 cm³/mol. The van der Waals surface area contributed by atoms with Crippen LogP contribution in [0.5, 0.6) is 0 Å². The lowest BCUT2D eigenvalue weighted by Gasteiger charge is -2.26. The zero-order valence-electron chi connectivity index (χ0n) is 11.1. The van der Waals surface area contributed by atoms with Crippen molar-refractivity contribution < 1.29 is 4.79 Å². The Morgan fingerprint density at radius 1 is 1.21 bits per heavy atom. The van der Waals surface area contributed by atoms with Crippen molar-refractivity contribution in [2.45, 2.75) is 25.7 Å². The molecule has 102 valence electrons. The number of hydrogen-bond acceptors (Lipinski definition) is 1. The van der Waals surface area contributed by atoms with E-state index in [0.717, 1.165) is 37.7 Å². The molecule has 0 spiro atoms. The monoisotopic (exact) mass is 321 g/mol. The molecule has 0 unspecified atom stereocenters. The molecule has 2 nitrogen and oxygen atoms in total. The van der Waals surface area contributed by atoms with Gasteiger partial charge in [0.25, 0.3) is 0 Å². The maximum absolute atomic E-state index is 12.0. The molecule has 0 radical (unpaired) electrons. The molecule has 0 saturated heterocycles. The van der Waals surface area contributed by atoms with Crippen LogP contribution in [0.2, 0.25) is 0 Å².